The summed E-state index contributed by atoms with van der Waals surface area (Å²) in [6.45, 7) is 7.50. The quantitative estimate of drug-likeness (QED) is 0.265. The Bertz CT molecular complexity index is 588. The Balaban J connectivity index is 3.14. The van der Waals surface area contributed by atoms with Gasteiger partial charge in [-0.1, -0.05) is 25.5 Å². The van der Waals surface area contributed by atoms with Gasteiger partial charge in [-0.25, -0.2) is 0 Å². The second-order valence-corrected chi connectivity index (χ2v) is 7.51. The topological polar surface area (TPSA) is 94.4 Å². The minimum atomic E-state index is -0.848. The average molecular weight is 385 g/mol. The van der Waals surface area contributed by atoms with Crippen LogP contribution in [0.1, 0.15) is 56.9 Å². The second kappa shape index (κ2) is 11.0. The van der Waals surface area contributed by atoms with Crippen LogP contribution in [0.15, 0.2) is 23.5 Å². The molecule has 7 nitrogen and oxygen atoms in total. The Kier molecular flexibility index (Phi) is 9.43. The number of aliphatic hydroxyl groups excluding tert-OH is 1. The number of hydrogen-bond donors (Lipinski definition) is 1. The highest BCUT2D eigenvalue weighted by molar-refractivity contribution is 7.95. The Morgan fingerprint density at radius 1 is 1.35 bits per heavy atom. The SMILES string of the molecule is CCCCc1cc(C(SON=O)C(=O)OC(C)(C)C)ccc1OCCO. The van der Waals surface area contributed by atoms with Crippen molar-refractivity contribution in [1.29, 1.82) is 0 Å². The maximum atomic E-state index is 12.5. The third kappa shape index (κ3) is 7.61. The first-order valence-corrected chi connectivity index (χ1v) is 9.37. The lowest BCUT2D eigenvalue weighted by molar-refractivity contribution is -0.154. The molecule has 0 aliphatic rings. The number of ether oxygens (including phenoxy) is 2. The lowest BCUT2D eigenvalue weighted by Gasteiger charge is -2.23. The first kappa shape index (κ1) is 22.2. The third-order valence-corrected chi connectivity index (χ3v) is 4.13. The molecule has 26 heavy (non-hydrogen) atoms. The van der Waals surface area contributed by atoms with E-state index in [1.807, 2.05) is 6.07 Å². The lowest BCUT2D eigenvalue weighted by atomic mass is 10.0. The number of nitrogens with zero attached hydrogens (tertiary/aromatic N) is 1. The molecular formula is C18H27NO6S. The zero-order chi connectivity index (χ0) is 19.6. The summed E-state index contributed by atoms with van der Waals surface area (Å²) in [7, 11) is 0. The van der Waals surface area contributed by atoms with E-state index in [4.69, 9.17) is 14.6 Å². The van der Waals surface area contributed by atoms with Crippen LogP contribution < -0.4 is 4.74 Å². The van der Waals surface area contributed by atoms with Crippen molar-refractivity contribution in [2.45, 2.75) is 57.8 Å². The van der Waals surface area contributed by atoms with Crippen LogP contribution in [-0.4, -0.2) is 29.9 Å². The van der Waals surface area contributed by atoms with Gasteiger partial charge in [0.1, 0.15) is 30.0 Å². The van der Waals surface area contributed by atoms with E-state index >= 15 is 0 Å². The molecule has 1 N–H and O–H groups in total. The fourth-order valence-electron chi connectivity index (χ4n) is 2.27. The minimum absolute atomic E-state index is 0.0792. The first-order valence-electron chi connectivity index (χ1n) is 8.56. The number of aryl methyl sites for hydroxylation is 1. The molecule has 8 heteroatoms. The molecule has 0 heterocycles. The molecule has 1 aromatic rings. The van der Waals surface area contributed by atoms with Crippen molar-refractivity contribution in [2.24, 2.45) is 5.34 Å². The summed E-state index contributed by atoms with van der Waals surface area (Å²) < 4.78 is 15.5. The molecule has 146 valence electrons. The largest absolute Gasteiger partial charge is 0.491 e. The van der Waals surface area contributed by atoms with Gasteiger partial charge in [0, 0.05) is 0 Å². The maximum absolute atomic E-state index is 12.5. The molecule has 0 aromatic heterocycles. The van der Waals surface area contributed by atoms with Crippen LogP contribution in [0.5, 0.6) is 5.75 Å². The van der Waals surface area contributed by atoms with E-state index in [2.05, 4.69) is 16.5 Å². The number of esters is 1. The lowest BCUT2D eigenvalue weighted by Crippen LogP contribution is -2.27. The molecule has 1 atom stereocenters. The molecule has 0 bridgehead atoms. The number of unbranched alkanes of at least 4 members (excludes halogenated alkanes) is 1. The highest BCUT2D eigenvalue weighted by atomic mass is 32.2. The van der Waals surface area contributed by atoms with Crippen molar-refractivity contribution in [1.82, 2.24) is 0 Å². The highest BCUT2D eigenvalue weighted by Crippen LogP contribution is 2.35. The fraction of sp³-hybridized carbons (Fsp3) is 0.611. The van der Waals surface area contributed by atoms with Crippen LogP contribution in [0.3, 0.4) is 0 Å². The summed E-state index contributed by atoms with van der Waals surface area (Å²) in [6, 6.07) is 5.32. The summed E-state index contributed by atoms with van der Waals surface area (Å²) in [4.78, 5) is 22.9. The molecule has 1 aromatic carbocycles. The van der Waals surface area contributed by atoms with E-state index in [-0.39, 0.29) is 13.2 Å². The molecule has 0 spiro atoms. The maximum Gasteiger partial charge on any atom is 0.327 e. The molecule has 0 fully saturated rings. The number of benzene rings is 1. The summed E-state index contributed by atoms with van der Waals surface area (Å²) in [5.41, 5.74) is 0.890. The average Bonchev–Trinajstić information content (AvgIpc) is 2.57. The molecule has 0 aliphatic heterocycles. The number of carbonyl (C=O) groups is 1. The normalized spacial score (nSPS) is 12.3. The van der Waals surface area contributed by atoms with E-state index in [0.29, 0.717) is 23.4 Å². The standard InChI is InChI=1S/C18H27NO6S/c1-5-6-7-13-12-14(8-9-15(13)23-11-10-20)16(26-25-19-22)17(21)24-18(2,3)4/h8-9,12,16,20H,5-7,10-11H2,1-4H3. The van der Waals surface area contributed by atoms with Gasteiger partial charge in [-0.3, -0.25) is 9.08 Å². The third-order valence-electron chi connectivity index (χ3n) is 3.33. The van der Waals surface area contributed by atoms with Gasteiger partial charge >= 0.3 is 5.97 Å². The van der Waals surface area contributed by atoms with Crippen molar-refractivity contribution < 1.29 is 23.7 Å². The molecule has 1 unspecified atom stereocenters. The highest BCUT2D eigenvalue weighted by Gasteiger charge is 2.30. The summed E-state index contributed by atoms with van der Waals surface area (Å²) in [5.74, 6) is 0.148. The van der Waals surface area contributed by atoms with E-state index in [1.54, 1.807) is 32.9 Å². The smallest absolute Gasteiger partial charge is 0.327 e. The molecule has 0 saturated heterocycles. The van der Waals surface area contributed by atoms with Crippen molar-refractivity contribution in [3.8, 4) is 5.75 Å². The van der Waals surface area contributed by atoms with Crippen molar-refractivity contribution in [3.05, 3.63) is 34.2 Å². The predicted molar refractivity (Wildman–Crippen MR) is 101 cm³/mol. The van der Waals surface area contributed by atoms with Crippen LogP contribution in [0, 0.1) is 4.91 Å². The predicted octanol–water partition coefficient (Wildman–Crippen LogP) is 4.13. The van der Waals surface area contributed by atoms with Gasteiger partial charge in [-0.05, 0) is 50.8 Å². The van der Waals surface area contributed by atoms with Gasteiger partial charge in [0.2, 0.25) is 0 Å². The van der Waals surface area contributed by atoms with Gasteiger partial charge < -0.3 is 14.6 Å². The van der Waals surface area contributed by atoms with Crippen molar-refractivity contribution in [3.63, 3.8) is 0 Å². The van der Waals surface area contributed by atoms with Crippen molar-refractivity contribution >= 4 is 18.0 Å². The Hall–Kier alpha value is -1.80. The van der Waals surface area contributed by atoms with Crippen molar-refractivity contribution in [2.75, 3.05) is 13.2 Å². The number of hydrogen-bond acceptors (Lipinski definition) is 8. The van der Waals surface area contributed by atoms with E-state index in [9.17, 15) is 9.70 Å². The summed E-state index contributed by atoms with van der Waals surface area (Å²) >= 11 is 0.645. The van der Waals surface area contributed by atoms with Gasteiger partial charge in [0.05, 0.1) is 6.61 Å². The van der Waals surface area contributed by atoms with E-state index in [1.165, 1.54) is 0 Å². The van der Waals surface area contributed by atoms with Gasteiger partial charge in [0.15, 0.2) is 10.6 Å². The summed E-state index contributed by atoms with van der Waals surface area (Å²) in [5, 5.41) is 10.5. The second-order valence-electron chi connectivity index (χ2n) is 6.70. The fourth-order valence-corrected chi connectivity index (χ4v) is 2.77. The van der Waals surface area contributed by atoms with Gasteiger partial charge in [0.25, 0.3) is 0 Å². The number of aliphatic hydroxyl groups is 1. The van der Waals surface area contributed by atoms with Crippen LogP contribution in [-0.2, 0) is 20.2 Å². The minimum Gasteiger partial charge on any atom is -0.491 e. The molecule has 0 amide bonds. The Morgan fingerprint density at radius 3 is 2.65 bits per heavy atom. The molecular weight excluding hydrogens is 358 g/mol. The molecule has 0 saturated carbocycles. The zero-order valence-electron chi connectivity index (χ0n) is 15.7. The van der Waals surface area contributed by atoms with Crippen LogP contribution in [0.4, 0.5) is 0 Å². The number of rotatable bonds is 11. The van der Waals surface area contributed by atoms with Gasteiger partial charge in [-0.15, -0.1) is 4.91 Å². The summed E-state index contributed by atoms with van der Waals surface area (Å²) in [6.07, 6.45) is 2.73. The Morgan fingerprint density at radius 2 is 2.08 bits per heavy atom. The van der Waals surface area contributed by atoms with Crippen LogP contribution in [0.25, 0.3) is 0 Å². The zero-order valence-corrected chi connectivity index (χ0v) is 16.5. The van der Waals surface area contributed by atoms with E-state index in [0.717, 1.165) is 24.8 Å². The molecule has 0 aliphatic carbocycles. The first-order chi connectivity index (χ1) is 12.3. The molecule has 0 radical (unpaired) electrons. The van der Waals surface area contributed by atoms with Gasteiger partial charge in [-0.2, -0.15) is 0 Å². The monoisotopic (exact) mass is 385 g/mol. The number of carbonyl (C=O) groups excluding carboxylic acids is 1. The van der Waals surface area contributed by atoms with E-state index < -0.39 is 16.8 Å². The van der Waals surface area contributed by atoms with Crippen LogP contribution in [0.2, 0.25) is 0 Å². The van der Waals surface area contributed by atoms with Crippen LogP contribution >= 0.6 is 12.0 Å². The molecule has 1 rings (SSSR count). The Labute approximate surface area is 158 Å².